The normalized spacial score (nSPS) is 24.1. The average Bonchev–Trinajstić information content (AvgIpc) is 3.05. The number of aryl methyl sites for hydroxylation is 2. The highest BCUT2D eigenvalue weighted by Gasteiger charge is 2.35. The number of carbonyl (C=O) groups is 1. The largest absolute Gasteiger partial charge is 0.347 e. The van der Waals surface area contributed by atoms with Crippen LogP contribution in [0, 0.1) is 19.8 Å². The molecule has 130 valence electrons. The highest BCUT2D eigenvalue weighted by molar-refractivity contribution is 5.96. The Bertz CT molecular complexity index is 758. The zero-order valence-corrected chi connectivity index (χ0v) is 15.4. The van der Waals surface area contributed by atoms with Gasteiger partial charge >= 0.3 is 0 Å². The first kappa shape index (κ1) is 16.8. The van der Waals surface area contributed by atoms with Crippen LogP contribution in [-0.4, -0.2) is 25.8 Å². The third-order valence-electron chi connectivity index (χ3n) is 5.70. The van der Waals surface area contributed by atoms with Crippen molar-refractivity contribution in [1.82, 2.24) is 19.7 Å². The summed E-state index contributed by atoms with van der Waals surface area (Å²) >= 11 is 0. The van der Waals surface area contributed by atoms with Crippen molar-refractivity contribution in [3.63, 3.8) is 0 Å². The van der Waals surface area contributed by atoms with Crippen molar-refractivity contribution in [1.29, 1.82) is 0 Å². The summed E-state index contributed by atoms with van der Waals surface area (Å²) < 4.78 is 3.87. The lowest BCUT2D eigenvalue weighted by Gasteiger charge is -2.40. The van der Waals surface area contributed by atoms with Gasteiger partial charge < -0.3 is 9.88 Å². The van der Waals surface area contributed by atoms with E-state index in [2.05, 4.69) is 28.8 Å². The molecule has 2 aromatic heterocycles. The summed E-state index contributed by atoms with van der Waals surface area (Å²) in [6.45, 7) is 8.47. The standard InChI is InChI=1S/C19H28N4O/c1-13-8-6-7-9-19(13,4)21-18(24)17-10-14(2)23(15(17)3)16-11-20-22(5)12-16/h10-13H,6-9H2,1-5H3,(H,21,24). The maximum Gasteiger partial charge on any atom is 0.253 e. The van der Waals surface area contributed by atoms with E-state index in [1.165, 1.54) is 19.3 Å². The molecule has 0 bridgehead atoms. The van der Waals surface area contributed by atoms with Crippen LogP contribution in [-0.2, 0) is 7.05 Å². The van der Waals surface area contributed by atoms with Crippen LogP contribution < -0.4 is 5.32 Å². The van der Waals surface area contributed by atoms with Crippen LogP contribution in [0.3, 0.4) is 0 Å². The van der Waals surface area contributed by atoms with E-state index in [0.717, 1.165) is 29.1 Å². The van der Waals surface area contributed by atoms with E-state index in [-0.39, 0.29) is 11.4 Å². The molecule has 5 nitrogen and oxygen atoms in total. The van der Waals surface area contributed by atoms with Crippen LogP contribution in [0.25, 0.3) is 5.69 Å². The first-order chi connectivity index (χ1) is 11.3. The van der Waals surface area contributed by atoms with E-state index < -0.39 is 0 Å². The van der Waals surface area contributed by atoms with Crippen molar-refractivity contribution in [2.75, 3.05) is 0 Å². The van der Waals surface area contributed by atoms with Crippen molar-refractivity contribution >= 4 is 5.91 Å². The average molecular weight is 328 g/mol. The summed E-state index contributed by atoms with van der Waals surface area (Å²) in [6.07, 6.45) is 8.49. The van der Waals surface area contributed by atoms with Gasteiger partial charge in [-0.25, -0.2) is 0 Å². The molecule has 1 aliphatic rings. The molecule has 2 aromatic rings. The minimum atomic E-state index is -0.105. The van der Waals surface area contributed by atoms with Crippen molar-refractivity contribution in [3.8, 4) is 5.69 Å². The van der Waals surface area contributed by atoms with Crippen molar-refractivity contribution < 1.29 is 4.79 Å². The zero-order chi connectivity index (χ0) is 17.5. The molecule has 24 heavy (non-hydrogen) atoms. The molecule has 1 amide bonds. The van der Waals surface area contributed by atoms with Gasteiger partial charge in [0.1, 0.15) is 0 Å². The number of aromatic nitrogens is 3. The highest BCUT2D eigenvalue weighted by Crippen LogP contribution is 2.33. The molecular formula is C19H28N4O. The van der Waals surface area contributed by atoms with Gasteiger partial charge in [-0.3, -0.25) is 9.48 Å². The van der Waals surface area contributed by atoms with Crippen LogP contribution in [0.4, 0.5) is 0 Å². The monoisotopic (exact) mass is 328 g/mol. The Balaban J connectivity index is 1.88. The van der Waals surface area contributed by atoms with Crippen LogP contribution in [0.5, 0.6) is 0 Å². The third-order valence-corrected chi connectivity index (χ3v) is 5.70. The lowest BCUT2D eigenvalue weighted by Crippen LogP contribution is -2.52. The molecule has 1 aliphatic carbocycles. The number of hydrogen-bond donors (Lipinski definition) is 1. The van der Waals surface area contributed by atoms with Gasteiger partial charge in [-0.15, -0.1) is 0 Å². The maximum absolute atomic E-state index is 12.9. The van der Waals surface area contributed by atoms with Gasteiger partial charge in [-0.05, 0) is 45.6 Å². The van der Waals surface area contributed by atoms with Gasteiger partial charge in [0.05, 0.1) is 17.4 Å². The molecule has 0 aromatic carbocycles. The molecule has 5 heteroatoms. The van der Waals surface area contributed by atoms with Crippen molar-refractivity contribution in [3.05, 3.63) is 35.4 Å². The summed E-state index contributed by atoms with van der Waals surface area (Å²) in [6, 6.07) is 1.98. The Morgan fingerprint density at radius 2 is 2.12 bits per heavy atom. The number of amides is 1. The number of rotatable bonds is 3. The third kappa shape index (κ3) is 2.87. The number of carbonyl (C=O) groups excluding carboxylic acids is 1. The molecular weight excluding hydrogens is 300 g/mol. The van der Waals surface area contributed by atoms with E-state index in [4.69, 9.17) is 0 Å². The summed E-state index contributed by atoms with van der Waals surface area (Å²) in [7, 11) is 1.90. The van der Waals surface area contributed by atoms with E-state index in [9.17, 15) is 4.79 Å². The first-order valence-corrected chi connectivity index (χ1v) is 8.82. The lowest BCUT2D eigenvalue weighted by atomic mass is 9.75. The number of hydrogen-bond acceptors (Lipinski definition) is 2. The highest BCUT2D eigenvalue weighted by atomic mass is 16.1. The van der Waals surface area contributed by atoms with E-state index in [1.807, 2.05) is 39.4 Å². The van der Waals surface area contributed by atoms with Gasteiger partial charge in [-0.2, -0.15) is 5.10 Å². The molecule has 1 N–H and O–H groups in total. The second kappa shape index (κ2) is 6.11. The minimum Gasteiger partial charge on any atom is -0.347 e. The van der Waals surface area contributed by atoms with Gasteiger partial charge in [0, 0.05) is 30.2 Å². The predicted molar refractivity (Wildman–Crippen MR) is 95.5 cm³/mol. The molecule has 0 radical (unpaired) electrons. The summed E-state index contributed by atoms with van der Waals surface area (Å²) in [5, 5.41) is 7.57. The predicted octanol–water partition coefficient (Wildman–Crippen LogP) is 3.53. The van der Waals surface area contributed by atoms with Gasteiger partial charge in [0.25, 0.3) is 5.91 Å². The van der Waals surface area contributed by atoms with Crippen molar-refractivity contribution in [2.24, 2.45) is 13.0 Å². The first-order valence-electron chi connectivity index (χ1n) is 8.82. The van der Waals surface area contributed by atoms with Gasteiger partial charge in [-0.1, -0.05) is 19.8 Å². The van der Waals surface area contributed by atoms with Crippen LogP contribution >= 0.6 is 0 Å². The summed E-state index contributed by atoms with van der Waals surface area (Å²) in [5.74, 6) is 0.548. The quantitative estimate of drug-likeness (QED) is 0.937. The maximum atomic E-state index is 12.9. The molecule has 0 aliphatic heterocycles. The Morgan fingerprint density at radius 1 is 1.38 bits per heavy atom. The second-order valence-electron chi connectivity index (χ2n) is 7.51. The fraction of sp³-hybridized carbons (Fsp3) is 0.579. The molecule has 2 heterocycles. The van der Waals surface area contributed by atoms with Crippen LogP contribution in [0.1, 0.15) is 61.3 Å². The van der Waals surface area contributed by atoms with E-state index in [1.54, 1.807) is 4.68 Å². The molecule has 1 saturated carbocycles. The van der Waals surface area contributed by atoms with E-state index >= 15 is 0 Å². The Labute approximate surface area is 144 Å². The fourth-order valence-corrected chi connectivity index (χ4v) is 3.93. The van der Waals surface area contributed by atoms with Gasteiger partial charge in [0.15, 0.2) is 0 Å². The molecule has 1 fully saturated rings. The van der Waals surface area contributed by atoms with Crippen LogP contribution in [0.2, 0.25) is 0 Å². The molecule has 0 spiro atoms. The summed E-state index contributed by atoms with van der Waals surface area (Å²) in [4.78, 5) is 12.9. The Morgan fingerprint density at radius 3 is 2.75 bits per heavy atom. The fourth-order valence-electron chi connectivity index (χ4n) is 3.93. The minimum absolute atomic E-state index is 0.0366. The van der Waals surface area contributed by atoms with Crippen molar-refractivity contribution in [2.45, 2.75) is 58.9 Å². The summed E-state index contributed by atoms with van der Waals surface area (Å²) in [5.41, 5.74) is 3.66. The Kier molecular flexibility index (Phi) is 4.28. The van der Waals surface area contributed by atoms with Gasteiger partial charge in [0.2, 0.25) is 0 Å². The molecule has 3 rings (SSSR count). The van der Waals surface area contributed by atoms with E-state index in [0.29, 0.717) is 5.92 Å². The van der Waals surface area contributed by atoms with Crippen LogP contribution in [0.15, 0.2) is 18.5 Å². The number of nitrogens with one attached hydrogen (secondary N) is 1. The topological polar surface area (TPSA) is 51.9 Å². The Hall–Kier alpha value is -2.04. The number of nitrogens with zero attached hydrogens (tertiary/aromatic N) is 3. The molecule has 2 unspecified atom stereocenters. The zero-order valence-electron chi connectivity index (χ0n) is 15.4. The second-order valence-corrected chi connectivity index (χ2v) is 7.51. The molecule has 2 atom stereocenters. The SMILES string of the molecule is Cc1cc(C(=O)NC2(C)CCCCC2C)c(C)n1-c1cnn(C)c1. The molecule has 0 saturated heterocycles. The lowest BCUT2D eigenvalue weighted by molar-refractivity contribution is 0.0828. The smallest absolute Gasteiger partial charge is 0.253 e.